The van der Waals surface area contributed by atoms with Gasteiger partial charge in [0.2, 0.25) is 5.91 Å². The molecule has 0 spiro atoms. The van der Waals surface area contributed by atoms with Gasteiger partial charge in [-0.2, -0.15) is 13.2 Å². The molecule has 3 rings (SSSR count). The fraction of sp³-hybridized carbons (Fsp3) is 0.222. The molecule has 0 saturated heterocycles. The summed E-state index contributed by atoms with van der Waals surface area (Å²) < 4.78 is 38.4. The van der Waals surface area contributed by atoms with Crippen LogP contribution in [0.4, 0.5) is 30.4 Å². The van der Waals surface area contributed by atoms with Crippen LogP contribution in [0.3, 0.4) is 0 Å². The van der Waals surface area contributed by atoms with Gasteiger partial charge in [0.1, 0.15) is 5.82 Å². The molecule has 136 valence electrons. The van der Waals surface area contributed by atoms with E-state index >= 15 is 0 Å². The molecule has 1 aromatic heterocycles. The average Bonchev–Trinajstić information content (AvgIpc) is 2.64. The molecule has 0 radical (unpaired) electrons. The molecular formula is C18H17F3N4O. The first-order valence-corrected chi connectivity index (χ1v) is 7.95. The number of hydrogen-bond donors (Lipinski definition) is 2. The van der Waals surface area contributed by atoms with E-state index in [4.69, 9.17) is 0 Å². The summed E-state index contributed by atoms with van der Waals surface area (Å²) in [5.74, 6) is 0.316. The standard InChI is InChI=1S/C18H17F3N4O/c1-2-16(26)23-10-13-11-25(15-4-3-9-22-17(15)24-13)14-7-5-12(6-8-14)18(19,20)21/h2-9,13H,1,10-11H2,(H,22,24)(H,23,26)/t13-/m0/s1. The molecule has 1 atom stereocenters. The molecule has 0 saturated carbocycles. The van der Waals surface area contributed by atoms with E-state index in [9.17, 15) is 18.0 Å². The number of pyridine rings is 1. The molecule has 1 aromatic carbocycles. The smallest absolute Gasteiger partial charge is 0.362 e. The predicted molar refractivity (Wildman–Crippen MR) is 93.3 cm³/mol. The second kappa shape index (κ2) is 7.07. The van der Waals surface area contributed by atoms with Crippen LogP contribution < -0.4 is 15.5 Å². The molecule has 1 aliphatic heterocycles. The molecule has 26 heavy (non-hydrogen) atoms. The van der Waals surface area contributed by atoms with Crippen LogP contribution in [0.25, 0.3) is 0 Å². The quantitative estimate of drug-likeness (QED) is 0.819. The Kier molecular flexibility index (Phi) is 4.83. The Morgan fingerprint density at radius 3 is 2.73 bits per heavy atom. The van der Waals surface area contributed by atoms with Crippen LogP contribution in [0, 0.1) is 0 Å². The minimum atomic E-state index is -4.38. The zero-order chi connectivity index (χ0) is 18.7. The number of nitrogens with one attached hydrogen (secondary N) is 2. The second-order valence-electron chi connectivity index (χ2n) is 5.82. The van der Waals surface area contributed by atoms with Gasteiger partial charge in [-0.05, 0) is 42.5 Å². The topological polar surface area (TPSA) is 57.3 Å². The number of benzene rings is 1. The number of halogens is 3. The van der Waals surface area contributed by atoms with Crippen molar-refractivity contribution in [2.75, 3.05) is 23.3 Å². The monoisotopic (exact) mass is 362 g/mol. The Labute approximate surface area is 148 Å². The molecule has 0 bridgehead atoms. The minimum absolute atomic E-state index is 0.163. The van der Waals surface area contributed by atoms with Crippen molar-refractivity contribution in [3.63, 3.8) is 0 Å². The SMILES string of the molecule is C=CC(=O)NC[C@H]1CN(c2ccc(C(F)(F)F)cc2)c2cccnc2N1. The Morgan fingerprint density at radius 2 is 2.08 bits per heavy atom. The normalized spacial score (nSPS) is 16.4. The van der Waals surface area contributed by atoms with E-state index in [0.717, 1.165) is 17.8 Å². The largest absolute Gasteiger partial charge is 0.416 e. The lowest BCUT2D eigenvalue weighted by atomic mass is 10.1. The number of fused-ring (bicyclic) bond motifs is 1. The summed E-state index contributed by atoms with van der Waals surface area (Å²) in [5.41, 5.74) is 0.685. The lowest BCUT2D eigenvalue weighted by molar-refractivity contribution is -0.137. The van der Waals surface area contributed by atoms with Gasteiger partial charge in [0.15, 0.2) is 0 Å². The van der Waals surface area contributed by atoms with E-state index < -0.39 is 11.7 Å². The number of hydrogen-bond acceptors (Lipinski definition) is 4. The fourth-order valence-corrected chi connectivity index (χ4v) is 2.77. The number of carbonyl (C=O) groups is 1. The van der Waals surface area contributed by atoms with Crippen LogP contribution in [0.1, 0.15) is 5.56 Å². The van der Waals surface area contributed by atoms with Crippen molar-refractivity contribution in [2.24, 2.45) is 0 Å². The van der Waals surface area contributed by atoms with E-state index in [0.29, 0.717) is 24.6 Å². The molecule has 2 heterocycles. The van der Waals surface area contributed by atoms with E-state index in [1.807, 2.05) is 11.0 Å². The number of nitrogens with zero attached hydrogens (tertiary/aromatic N) is 2. The molecule has 0 fully saturated rings. The Balaban J connectivity index is 1.87. The number of amides is 1. The predicted octanol–water partition coefficient (Wildman–Crippen LogP) is 3.33. The maximum absolute atomic E-state index is 12.8. The lowest BCUT2D eigenvalue weighted by Crippen LogP contribution is -2.46. The van der Waals surface area contributed by atoms with Gasteiger partial charge in [0.05, 0.1) is 17.3 Å². The van der Waals surface area contributed by atoms with Crippen molar-refractivity contribution in [2.45, 2.75) is 12.2 Å². The number of anilines is 3. The number of carbonyl (C=O) groups excluding carboxylic acids is 1. The lowest BCUT2D eigenvalue weighted by Gasteiger charge is -2.36. The summed E-state index contributed by atoms with van der Waals surface area (Å²) in [6, 6.07) is 8.42. The first-order chi connectivity index (χ1) is 12.4. The van der Waals surface area contributed by atoms with Crippen LogP contribution in [0.5, 0.6) is 0 Å². The number of aromatic nitrogens is 1. The highest BCUT2D eigenvalue weighted by atomic mass is 19.4. The Morgan fingerprint density at radius 1 is 1.35 bits per heavy atom. The van der Waals surface area contributed by atoms with E-state index in [-0.39, 0.29) is 11.9 Å². The molecule has 5 nitrogen and oxygen atoms in total. The van der Waals surface area contributed by atoms with E-state index in [1.54, 1.807) is 12.3 Å². The summed E-state index contributed by atoms with van der Waals surface area (Å²) in [7, 11) is 0. The van der Waals surface area contributed by atoms with Crippen LogP contribution in [0.15, 0.2) is 55.3 Å². The van der Waals surface area contributed by atoms with Crippen LogP contribution in [-0.2, 0) is 11.0 Å². The molecule has 0 aliphatic carbocycles. The molecule has 2 N–H and O–H groups in total. The highest BCUT2D eigenvalue weighted by Gasteiger charge is 2.31. The molecule has 8 heteroatoms. The second-order valence-corrected chi connectivity index (χ2v) is 5.82. The fourth-order valence-electron chi connectivity index (χ4n) is 2.77. The van der Waals surface area contributed by atoms with Gasteiger partial charge in [0, 0.05) is 25.0 Å². The number of rotatable bonds is 4. The van der Waals surface area contributed by atoms with Crippen molar-refractivity contribution in [1.82, 2.24) is 10.3 Å². The summed E-state index contributed by atoms with van der Waals surface area (Å²) >= 11 is 0. The first-order valence-electron chi connectivity index (χ1n) is 7.95. The van der Waals surface area contributed by atoms with Gasteiger partial charge in [-0.1, -0.05) is 6.58 Å². The highest BCUT2D eigenvalue weighted by molar-refractivity contribution is 5.87. The third kappa shape index (κ3) is 3.79. The van der Waals surface area contributed by atoms with Gasteiger partial charge in [-0.3, -0.25) is 4.79 Å². The van der Waals surface area contributed by atoms with Gasteiger partial charge in [-0.15, -0.1) is 0 Å². The van der Waals surface area contributed by atoms with Gasteiger partial charge in [-0.25, -0.2) is 4.98 Å². The van der Waals surface area contributed by atoms with Crippen LogP contribution >= 0.6 is 0 Å². The van der Waals surface area contributed by atoms with Gasteiger partial charge >= 0.3 is 6.18 Å². The maximum atomic E-state index is 12.8. The minimum Gasteiger partial charge on any atom is -0.362 e. The third-order valence-electron chi connectivity index (χ3n) is 4.04. The zero-order valence-corrected chi connectivity index (χ0v) is 13.8. The first kappa shape index (κ1) is 17.8. The van der Waals surface area contributed by atoms with Gasteiger partial charge in [0.25, 0.3) is 0 Å². The van der Waals surface area contributed by atoms with Crippen molar-refractivity contribution in [3.05, 3.63) is 60.8 Å². The summed E-state index contributed by atoms with van der Waals surface area (Å²) in [6.07, 6.45) is -1.57. The Hall–Kier alpha value is -3.03. The van der Waals surface area contributed by atoms with Crippen molar-refractivity contribution in [1.29, 1.82) is 0 Å². The molecular weight excluding hydrogens is 345 g/mol. The molecule has 1 aliphatic rings. The average molecular weight is 362 g/mol. The third-order valence-corrected chi connectivity index (χ3v) is 4.04. The van der Waals surface area contributed by atoms with E-state index in [1.165, 1.54) is 18.2 Å². The summed E-state index contributed by atoms with van der Waals surface area (Å²) in [4.78, 5) is 17.6. The van der Waals surface area contributed by atoms with E-state index in [2.05, 4.69) is 22.2 Å². The zero-order valence-electron chi connectivity index (χ0n) is 13.8. The Bertz CT molecular complexity index is 805. The molecule has 1 amide bonds. The maximum Gasteiger partial charge on any atom is 0.416 e. The van der Waals surface area contributed by atoms with Crippen molar-refractivity contribution >= 4 is 23.1 Å². The van der Waals surface area contributed by atoms with Crippen LogP contribution in [-0.4, -0.2) is 30.0 Å². The highest BCUT2D eigenvalue weighted by Crippen LogP contribution is 2.36. The molecule has 2 aromatic rings. The van der Waals surface area contributed by atoms with Crippen molar-refractivity contribution in [3.8, 4) is 0 Å². The summed E-state index contributed by atoms with van der Waals surface area (Å²) in [6.45, 7) is 4.19. The number of alkyl halides is 3. The van der Waals surface area contributed by atoms with Gasteiger partial charge < -0.3 is 15.5 Å². The van der Waals surface area contributed by atoms with Crippen LogP contribution in [0.2, 0.25) is 0 Å². The molecule has 0 unspecified atom stereocenters. The summed E-state index contributed by atoms with van der Waals surface area (Å²) in [5, 5.41) is 5.94. The van der Waals surface area contributed by atoms with Crippen molar-refractivity contribution < 1.29 is 18.0 Å².